The summed E-state index contributed by atoms with van der Waals surface area (Å²) in [6.45, 7) is 5.53. The fourth-order valence-corrected chi connectivity index (χ4v) is 5.20. The first-order valence-corrected chi connectivity index (χ1v) is 12.1. The summed E-state index contributed by atoms with van der Waals surface area (Å²) in [5.74, 6) is 1.31. The summed E-state index contributed by atoms with van der Waals surface area (Å²) in [6.07, 6.45) is 8.93. The van der Waals surface area contributed by atoms with Crippen molar-refractivity contribution in [3.63, 3.8) is 0 Å². The zero-order valence-corrected chi connectivity index (χ0v) is 19.6. The number of halogens is 1. The molecular formula is C24H30FN5O2S. The Kier molecular flexibility index (Phi) is 7.39. The molecule has 3 heterocycles. The number of fused-ring (bicyclic) bond motifs is 1. The van der Waals surface area contributed by atoms with Crippen molar-refractivity contribution in [1.29, 1.82) is 0 Å². The van der Waals surface area contributed by atoms with Crippen molar-refractivity contribution in [2.24, 2.45) is 18.7 Å². The van der Waals surface area contributed by atoms with E-state index in [0.717, 1.165) is 42.7 Å². The van der Waals surface area contributed by atoms with Gasteiger partial charge in [-0.25, -0.2) is 4.39 Å². The van der Waals surface area contributed by atoms with E-state index in [0.29, 0.717) is 46.9 Å². The Morgan fingerprint density at radius 3 is 2.94 bits per heavy atom. The predicted molar refractivity (Wildman–Crippen MR) is 132 cm³/mol. The molecule has 1 aliphatic carbocycles. The number of thioether (sulfide) groups is 1. The maximum Gasteiger partial charge on any atom is 0.250 e. The average molecular weight is 472 g/mol. The van der Waals surface area contributed by atoms with Gasteiger partial charge in [0.05, 0.1) is 27.8 Å². The molecule has 2 aromatic rings. The number of ether oxygens (including phenoxy) is 1. The summed E-state index contributed by atoms with van der Waals surface area (Å²) < 4.78 is 21.4. The maximum atomic E-state index is 14.5. The number of nitrogens with zero attached hydrogens (tertiary/aromatic N) is 2. The highest BCUT2D eigenvalue weighted by Crippen LogP contribution is 2.33. The number of aryl methyl sites for hydroxylation is 1. The SMILES string of the molecule is C=C(/C=C1/SCO/C1=C/N)CN[C@H]1CC[C@H](CNc2c(F)cnc3ccc(=O)n(C)c23)CC1. The van der Waals surface area contributed by atoms with Crippen LogP contribution in [0.15, 0.2) is 58.2 Å². The molecule has 0 spiro atoms. The third-order valence-corrected chi connectivity index (χ3v) is 7.14. The van der Waals surface area contributed by atoms with Crippen LogP contribution in [0.2, 0.25) is 0 Å². The van der Waals surface area contributed by atoms with E-state index in [4.69, 9.17) is 10.5 Å². The first-order chi connectivity index (χ1) is 16.0. The van der Waals surface area contributed by atoms with Gasteiger partial charge < -0.3 is 25.7 Å². The number of nitrogens with one attached hydrogen (secondary N) is 2. The maximum absolute atomic E-state index is 14.5. The number of aromatic nitrogens is 2. The van der Waals surface area contributed by atoms with Crippen molar-refractivity contribution >= 4 is 28.5 Å². The highest BCUT2D eigenvalue weighted by atomic mass is 32.2. The molecule has 7 nitrogen and oxygen atoms in total. The number of hydrogen-bond acceptors (Lipinski definition) is 7. The summed E-state index contributed by atoms with van der Waals surface area (Å²) in [6, 6.07) is 3.52. The van der Waals surface area contributed by atoms with Gasteiger partial charge in [-0.05, 0) is 49.3 Å². The molecule has 1 aliphatic heterocycles. The minimum atomic E-state index is -0.440. The Bertz CT molecular complexity index is 1150. The Balaban J connectivity index is 1.28. The van der Waals surface area contributed by atoms with Crippen LogP contribution in [0, 0.1) is 11.7 Å². The van der Waals surface area contributed by atoms with E-state index in [1.54, 1.807) is 24.9 Å². The predicted octanol–water partition coefficient (Wildman–Crippen LogP) is 3.59. The van der Waals surface area contributed by atoms with E-state index in [-0.39, 0.29) is 5.56 Å². The molecule has 0 amide bonds. The highest BCUT2D eigenvalue weighted by Gasteiger charge is 2.22. The van der Waals surface area contributed by atoms with Crippen LogP contribution in [0.3, 0.4) is 0 Å². The highest BCUT2D eigenvalue weighted by molar-refractivity contribution is 8.03. The van der Waals surface area contributed by atoms with E-state index in [1.165, 1.54) is 23.0 Å². The van der Waals surface area contributed by atoms with Gasteiger partial charge in [-0.15, -0.1) is 0 Å². The van der Waals surface area contributed by atoms with Gasteiger partial charge in [0.2, 0.25) is 0 Å². The van der Waals surface area contributed by atoms with Crippen LogP contribution in [0.1, 0.15) is 25.7 Å². The molecule has 4 rings (SSSR count). The number of anilines is 1. The van der Waals surface area contributed by atoms with Crippen molar-refractivity contribution in [3.05, 3.63) is 69.6 Å². The zero-order valence-electron chi connectivity index (χ0n) is 18.8. The first kappa shape index (κ1) is 23.4. The van der Waals surface area contributed by atoms with E-state index < -0.39 is 5.82 Å². The van der Waals surface area contributed by atoms with E-state index in [1.807, 2.05) is 6.08 Å². The standard InChI is InChI=1S/C24H30FN5O2S/c1-15(9-21-20(10-26)32-14-33-21)11-27-17-5-3-16(4-6-17)12-29-23-18(25)13-28-19-7-8-22(31)30(2)24(19)23/h7-10,13,16-17,27H,1,3-6,11-12,14,26H2,2H3,(H,28,29)/b20-10+,21-9+/t16-,17-. The van der Waals surface area contributed by atoms with Gasteiger partial charge >= 0.3 is 0 Å². The molecule has 33 heavy (non-hydrogen) atoms. The second-order valence-electron chi connectivity index (χ2n) is 8.53. The number of rotatable bonds is 7. The summed E-state index contributed by atoms with van der Waals surface area (Å²) >= 11 is 1.62. The topological polar surface area (TPSA) is 94.2 Å². The number of pyridine rings is 2. The number of nitrogens with two attached hydrogens (primary N) is 1. The van der Waals surface area contributed by atoms with Crippen molar-refractivity contribution in [2.75, 3.05) is 24.3 Å². The quantitative estimate of drug-likeness (QED) is 0.568. The molecule has 0 bridgehead atoms. The van der Waals surface area contributed by atoms with Crippen LogP contribution >= 0.6 is 11.8 Å². The van der Waals surface area contributed by atoms with Crippen LogP contribution in [-0.4, -0.2) is 34.6 Å². The van der Waals surface area contributed by atoms with E-state index >= 15 is 0 Å². The lowest BCUT2D eigenvalue weighted by atomic mass is 9.86. The second kappa shape index (κ2) is 10.4. The lowest BCUT2D eigenvalue weighted by Gasteiger charge is -2.30. The van der Waals surface area contributed by atoms with Gasteiger partial charge in [0.15, 0.2) is 5.82 Å². The molecule has 9 heteroatoms. The van der Waals surface area contributed by atoms with Crippen LogP contribution in [0.5, 0.6) is 0 Å². The van der Waals surface area contributed by atoms with Gasteiger partial charge in [-0.3, -0.25) is 9.78 Å². The van der Waals surface area contributed by atoms with Crippen molar-refractivity contribution in [1.82, 2.24) is 14.9 Å². The molecular weight excluding hydrogens is 441 g/mol. The molecule has 0 aromatic carbocycles. The molecule has 0 unspecified atom stereocenters. The van der Waals surface area contributed by atoms with E-state index in [2.05, 4.69) is 22.2 Å². The molecule has 1 saturated heterocycles. The lowest BCUT2D eigenvalue weighted by Crippen LogP contribution is -2.35. The average Bonchev–Trinajstić information content (AvgIpc) is 3.27. The van der Waals surface area contributed by atoms with Crippen LogP contribution in [0.25, 0.3) is 11.0 Å². The Hall–Kier alpha value is -2.78. The second-order valence-corrected chi connectivity index (χ2v) is 9.49. The van der Waals surface area contributed by atoms with Gasteiger partial charge in [0, 0.05) is 38.4 Å². The Morgan fingerprint density at radius 1 is 1.39 bits per heavy atom. The first-order valence-electron chi connectivity index (χ1n) is 11.1. The van der Waals surface area contributed by atoms with Crippen LogP contribution in [-0.2, 0) is 11.8 Å². The summed E-state index contributed by atoms with van der Waals surface area (Å²) in [5.41, 5.74) is 7.85. The van der Waals surface area contributed by atoms with Gasteiger partial charge in [-0.2, -0.15) is 0 Å². The van der Waals surface area contributed by atoms with Crippen LogP contribution < -0.4 is 21.9 Å². The largest absolute Gasteiger partial charge is 0.480 e. The fourth-order valence-electron chi connectivity index (χ4n) is 4.37. The molecule has 2 fully saturated rings. The van der Waals surface area contributed by atoms with Crippen molar-refractivity contribution in [3.8, 4) is 0 Å². The molecule has 0 atom stereocenters. The molecule has 4 N–H and O–H groups in total. The molecule has 2 aromatic heterocycles. The minimum absolute atomic E-state index is 0.184. The summed E-state index contributed by atoms with van der Waals surface area (Å²) in [5, 5.41) is 6.86. The van der Waals surface area contributed by atoms with E-state index in [9.17, 15) is 9.18 Å². The van der Waals surface area contributed by atoms with Crippen LogP contribution in [0.4, 0.5) is 10.1 Å². The van der Waals surface area contributed by atoms with Gasteiger partial charge in [0.25, 0.3) is 5.56 Å². The molecule has 2 aliphatic rings. The summed E-state index contributed by atoms with van der Waals surface area (Å²) in [7, 11) is 1.64. The third-order valence-electron chi connectivity index (χ3n) is 6.28. The van der Waals surface area contributed by atoms with Crippen molar-refractivity contribution in [2.45, 2.75) is 31.7 Å². The monoisotopic (exact) mass is 471 g/mol. The Morgan fingerprint density at radius 2 is 2.18 bits per heavy atom. The molecule has 176 valence electrons. The zero-order chi connectivity index (χ0) is 23.4. The van der Waals surface area contributed by atoms with Gasteiger partial charge in [-0.1, -0.05) is 18.3 Å². The minimum Gasteiger partial charge on any atom is -0.480 e. The van der Waals surface area contributed by atoms with Crippen molar-refractivity contribution < 1.29 is 9.13 Å². The lowest BCUT2D eigenvalue weighted by molar-refractivity contribution is 0.296. The van der Waals surface area contributed by atoms with Gasteiger partial charge in [0.1, 0.15) is 11.7 Å². The fraction of sp³-hybridized carbons (Fsp3) is 0.417. The smallest absolute Gasteiger partial charge is 0.250 e. The molecule has 1 saturated carbocycles. The normalized spacial score (nSPS) is 23.2. The molecule has 0 radical (unpaired) electrons. The number of hydrogen-bond donors (Lipinski definition) is 3. The Labute approximate surface area is 197 Å². The summed E-state index contributed by atoms with van der Waals surface area (Å²) in [4.78, 5) is 17.2. The third kappa shape index (κ3) is 5.42.